The third-order valence-electron chi connectivity index (χ3n) is 3.96. The van der Waals surface area contributed by atoms with Gasteiger partial charge in [-0.25, -0.2) is 4.98 Å². The highest BCUT2D eigenvalue weighted by molar-refractivity contribution is 6.30. The van der Waals surface area contributed by atoms with Crippen LogP contribution in [0.2, 0.25) is 5.02 Å². The number of aromatic nitrogens is 1. The summed E-state index contributed by atoms with van der Waals surface area (Å²) < 4.78 is 11.4. The number of hydrogen-bond acceptors (Lipinski definition) is 6. The smallest absolute Gasteiger partial charge is 0.246 e. The second-order valence-corrected chi connectivity index (χ2v) is 6.16. The fraction of sp³-hybridized carbons (Fsp3) is 0.529. The van der Waals surface area contributed by atoms with E-state index in [1.807, 2.05) is 6.92 Å². The van der Waals surface area contributed by atoms with Gasteiger partial charge in [-0.1, -0.05) is 18.0 Å². The van der Waals surface area contributed by atoms with Gasteiger partial charge in [0, 0.05) is 18.8 Å². The van der Waals surface area contributed by atoms with E-state index in [1.165, 1.54) is 6.20 Å². The van der Waals surface area contributed by atoms with Gasteiger partial charge in [0.05, 0.1) is 18.2 Å². The molecule has 0 aromatic carbocycles. The molecule has 24 heavy (non-hydrogen) atoms. The van der Waals surface area contributed by atoms with Crippen molar-refractivity contribution in [3.05, 3.63) is 22.8 Å². The van der Waals surface area contributed by atoms with Gasteiger partial charge in [0.1, 0.15) is 11.8 Å². The molecule has 0 N–H and O–H groups in total. The van der Waals surface area contributed by atoms with E-state index in [9.17, 15) is 4.79 Å². The van der Waals surface area contributed by atoms with Crippen LogP contribution in [0.15, 0.2) is 22.5 Å². The van der Waals surface area contributed by atoms with Crippen LogP contribution < -0.4 is 4.74 Å². The number of rotatable bonds is 7. The SMILES string of the molecule is C=N/N=C(\OCC1CCCC(C=O)C1)c1cc(Cl)cnc1OCC. The first-order valence-corrected chi connectivity index (χ1v) is 8.46. The van der Waals surface area contributed by atoms with Gasteiger partial charge in [0.25, 0.3) is 0 Å². The Morgan fingerprint density at radius 2 is 2.38 bits per heavy atom. The first kappa shape index (κ1) is 18.4. The van der Waals surface area contributed by atoms with Gasteiger partial charge in [-0.3, -0.25) is 0 Å². The molecule has 2 rings (SSSR count). The molecule has 0 bridgehead atoms. The molecule has 0 amide bonds. The normalized spacial score (nSPS) is 21.2. The molecule has 2 atom stereocenters. The summed E-state index contributed by atoms with van der Waals surface area (Å²) in [5.41, 5.74) is 0.541. The van der Waals surface area contributed by atoms with Crippen LogP contribution in [-0.2, 0) is 9.53 Å². The first-order valence-electron chi connectivity index (χ1n) is 8.08. The number of nitrogens with zero attached hydrogens (tertiary/aromatic N) is 3. The Labute approximate surface area is 146 Å². The van der Waals surface area contributed by atoms with Crippen LogP contribution >= 0.6 is 11.6 Å². The average Bonchev–Trinajstić information content (AvgIpc) is 2.60. The van der Waals surface area contributed by atoms with E-state index >= 15 is 0 Å². The zero-order valence-corrected chi connectivity index (χ0v) is 14.5. The number of pyridine rings is 1. The van der Waals surface area contributed by atoms with Crippen molar-refractivity contribution in [2.24, 2.45) is 22.0 Å². The van der Waals surface area contributed by atoms with Crippen molar-refractivity contribution in [2.45, 2.75) is 32.6 Å². The van der Waals surface area contributed by atoms with Gasteiger partial charge in [-0.15, -0.1) is 5.10 Å². The highest BCUT2D eigenvalue weighted by Gasteiger charge is 2.23. The molecular formula is C17H22ClN3O3. The molecule has 7 heteroatoms. The Bertz CT molecular complexity index is 607. The van der Waals surface area contributed by atoms with E-state index in [0.717, 1.165) is 32.0 Å². The number of aldehydes is 1. The Kier molecular flexibility index (Phi) is 7.18. The van der Waals surface area contributed by atoms with Crippen LogP contribution in [0, 0.1) is 11.8 Å². The van der Waals surface area contributed by atoms with Crippen molar-refractivity contribution in [3.63, 3.8) is 0 Å². The average molecular weight is 352 g/mol. The molecule has 130 valence electrons. The molecule has 2 unspecified atom stereocenters. The molecule has 1 aliphatic carbocycles. The molecule has 1 fully saturated rings. The summed E-state index contributed by atoms with van der Waals surface area (Å²) in [6.45, 7) is 6.17. The fourth-order valence-electron chi connectivity index (χ4n) is 2.86. The third kappa shape index (κ3) is 5.03. The second kappa shape index (κ2) is 9.37. The molecule has 0 saturated heterocycles. The van der Waals surface area contributed by atoms with Crippen molar-refractivity contribution in [1.82, 2.24) is 4.98 Å². The predicted molar refractivity (Wildman–Crippen MR) is 94.0 cm³/mol. The molecule has 1 heterocycles. The van der Waals surface area contributed by atoms with E-state index < -0.39 is 0 Å². The van der Waals surface area contributed by atoms with Crippen LogP contribution in [0.5, 0.6) is 5.88 Å². The van der Waals surface area contributed by atoms with Gasteiger partial charge in [-0.05, 0) is 38.2 Å². The van der Waals surface area contributed by atoms with Gasteiger partial charge < -0.3 is 14.3 Å². The summed E-state index contributed by atoms with van der Waals surface area (Å²) in [6, 6.07) is 1.68. The number of hydrogen-bond donors (Lipinski definition) is 0. The van der Waals surface area contributed by atoms with Crippen molar-refractivity contribution < 1.29 is 14.3 Å². The Morgan fingerprint density at radius 3 is 3.08 bits per heavy atom. The topological polar surface area (TPSA) is 73.1 Å². The maximum atomic E-state index is 11.0. The lowest BCUT2D eigenvalue weighted by Gasteiger charge is -2.26. The van der Waals surface area contributed by atoms with Crippen molar-refractivity contribution in [3.8, 4) is 5.88 Å². The Balaban J connectivity index is 2.12. The highest BCUT2D eigenvalue weighted by Crippen LogP contribution is 2.29. The highest BCUT2D eigenvalue weighted by atomic mass is 35.5. The van der Waals surface area contributed by atoms with E-state index in [-0.39, 0.29) is 11.8 Å². The maximum absolute atomic E-state index is 11.0. The molecular weight excluding hydrogens is 330 g/mol. The lowest BCUT2D eigenvalue weighted by atomic mass is 9.83. The summed E-state index contributed by atoms with van der Waals surface area (Å²) in [5.74, 6) is 1.10. The van der Waals surface area contributed by atoms with E-state index in [1.54, 1.807) is 6.07 Å². The molecule has 1 aromatic heterocycles. The molecule has 6 nitrogen and oxygen atoms in total. The second-order valence-electron chi connectivity index (χ2n) is 5.73. The van der Waals surface area contributed by atoms with Crippen LogP contribution in [0.3, 0.4) is 0 Å². The number of carbonyl (C=O) groups is 1. The van der Waals surface area contributed by atoms with Gasteiger partial charge in [-0.2, -0.15) is 5.10 Å². The van der Waals surface area contributed by atoms with Crippen molar-refractivity contribution in [1.29, 1.82) is 0 Å². The van der Waals surface area contributed by atoms with E-state index in [4.69, 9.17) is 21.1 Å². The van der Waals surface area contributed by atoms with Gasteiger partial charge in [0.15, 0.2) is 0 Å². The van der Waals surface area contributed by atoms with Crippen LogP contribution in [0.25, 0.3) is 0 Å². The summed E-state index contributed by atoms with van der Waals surface area (Å²) in [6.07, 6.45) is 6.41. The predicted octanol–water partition coefficient (Wildman–Crippen LogP) is 3.52. The van der Waals surface area contributed by atoms with Crippen LogP contribution in [0.4, 0.5) is 0 Å². The molecule has 0 radical (unpaired) electrons. The molecule has 1 aliphatic rings. The number of carbonyl (C=O) groups excluding carboxylic acids is 1. The molecule has 0 spiro atoms. The summed E-state index contributed by atoms with van der Waals surface area (Å²) in [4.78, 5) is 15.2. The number of halogens is 1. The molecule has 1 saturated carbocycles. The summed E-state index contributed by atoms with van der Waals surface area (Å²) >= 11 is 6.03. The van der Waals surface area contributed by atoms with Crippen LogP contribution in [0.1, 0.15) is 38.2 Å². The minimum absolute atomic E-state index is 0.122. The standard InChI is InChI=1S/C17H22ClN3O3/c1-3-23-16-15(8-14(18)9-20-16)17(21-19-2)24-11-13-6-4-5-12(7-13)10-22/h8-10,12-13H,2-7,11H2,1H3/b21-17-. The lowest BCUT2D eigenvalue weighted by molar-refractivity contribution is -0.112. The van der Waals surface area contributed by atoms with Crippen molar-refractivity contribution >= 4 is 30.5 Å². The lowest BCUT2D eigenvalue weighted by Crippen LogP contribution is -2.22. The zero-order chi connectivity index (χ0) is 17.4. The Hall–Kier alpha value is -1.95. The molecule has 0 aliphatic heterocycles. The summed E-state index contributed by atoms with van der Waals surface area (Å²) in [7, 11) is 0. The minimum atomic E-state index is 0.122. The van der Waals surface area contributed by atoms with Crippen molar-refractivity contribution in [2.75, 3.05) is 13.2 Å². The first-order chi connectivity index (χ1) is 11.7. The molecule has 1 aromatic rings. The quantitative estimate of drug-likeness (QED) is 0.326. The monoisotopic (exact) mass is 351 g/mol. The fourth-order valence-corrected chi connectivity index (χ4v) is 3.02. The summed E-state index contributed by atoms with van der Waals surface area (Å²) in [5, 5.41) is 7.98. The number of ether oxygens (including phenoxy) is 2. The third-order valence-corrected chi connectivity index (χ3v) is 4.17. The Morgan fingerprint density at radius 1 is 1.54 bits per heavy atom. The van der Waals surface area contributed by atoms with E-state index in [2.05, 4.69) is 21.9 Å². The maximum Gasteiger partial charge on any atom is 0.246 e. The van der Waals surface area contributed by atoms with Gasteiger partial charge >= 0.3 is 0 Å². The van der Waals surface area contributed by atoms with E-state index in [0.29, 0.717) is 35.6 Å². The zero-order valence-electron chi connectivity index (χ0n) is 13.8. The van der Waals surface area contributed by atoms with Crippen LogP contribution in [-0.4, -0.2) is 37.1 Å². The minimum Gasteiger partial charge on any atom is -0.477 e. The largest absolute Gasteiger partial charge is 0.477 e. The van der Waals surface area contributed by atoms with Gasteiger partial charge in [0.2, 0.25) is 11.8 Å².